The van der Waals surface area contributed by atoms with Crippen molar-refractivity contribution < 1.29 is 27.8 Å². The van der Waals surface area contributed by atoms with Crippen molar-refractivity contribution in [3.63, 3.8) is 0 Å². The van der Waals surface area contributed by atoms with E-state index in [9.17, 15) is 18.3 Å². The Balaban J connectivity index is 2.49. The maximum absolute atomic E-state index is 13.0. The van der Waals surface area contributed by atoms with Crippen LogP contribution < -0.4 is 0 Å². The van der Waals surface area contributed by atoms with Gasteiger partial charge >= 0.3 is 5.97 Å². The standard InChI is InChI=1S/C15H21NO6S/c1-15(2)10-16(12(9-22-15)14(17)18)23(19,20)13-7-5-4-6-11(13)8-21-3/h4-7,12H,8-10H2,1-3H3,(H,17,18). The third-order valence-electron chi connectivity index (χ3n) is 3.66. The van der Waals surface area contributed by atoms with Crippen molar-refractivity contribution in [1.82, 2.24) is 4.31 Å². The minimum Gasteiger partial charge on any atom is -0.480 e. The molecule has 128 valence electrons. The van der Waals surface area contributed by atoms with Crippen molar-refractivity contribution in [3.05, 3.63) is 29.8 Å². The van der Waals surface area contributed by atoms with Gasteiger partial charge in [-0.1, -0.05) is 18.2 Å². The van der Waals surface area contributed by atoms with Gasteiger partial charge in [-0.25, -0.2) is 8.42 Å². The quantitative estimate of drug-likeness (QED) is 0.860. The van der Waals surface area contributed by atoms with Crippen molar-refractivity contribution in [2.45, 2.75) is 37.0 Å². The number of rotatable bonds is 5. The van der Waals surface area contributed by atoms with Gasteiger partial charge in [0.05, 0.1) is 23.7 Å². The molecular formula is C15H21NO6S. The second-order valence-corrected chi connectivity index (χ2v) is 7.87. The number of carboxylic acids is 1. The predicted octanol–water partition coefficient (Wildman–Crippen LogP) is 1.09. The molecule has 1 saturated heterocycles. The van der Waals surface area contributed by atoms with E-state index in [2.05, 4.69) is 0 Å². The smallest absolute Gasteiger partial charge is 0.324 e. The molecule has 0 bridgehead atoms. The Kier molecular flexibility index (Phi) is 5.10. The number of nitrogens with zero attached hydrogens (tertiary/aromatic N) is 1. The number of hydrogen-bond donors (Lipinski definition) is 1. The molecule has 23 heavy (non-hydrogen) atoms. The van der Waals surface area contributed by atoms with Crippen molar-refractivity contribution in [2.24, 2.45) is 0 Å². The van der Waals surface area contributed by atoms with Crippen LogP contribution in [0.1, 0.15) is 19.4 Å². The molecule has 1 heterocycles. The third kappa shape index (κ3) is 3.72. The average Bonchev–Trinajstić information content (AvgIpc) is 2.46. The third-order valence-corrected chi connectivity index (χ3v) is 5.62. The van der Waals surface area contributed by atoms with Gasteiger partial charge in [-0.2, -0.15) is 4.31 Å². The molecular weight excluding hydrogens is 322 g/mol. The Hall–Kier alpha value is -1.48. The van der Waals surface area contributed by atoms with Crippen molar-refractivity contribution in [2.75, 3.05) is 20.3 Å². The van der Waals surface area contributed by atoms with Crippen molar-refractivity contribution in [1.29, 1.82) is 0 Å². The maximum Gasteiger partial charge on any atom is 0.324 e. The van der Waals surface area contributed by atoms with Crippen LogP contribution in [0.15, 0.2) is 29.2 Å². The van der Waals surface area contributed by atoms with Gasteiger partial charge in [-0.3, -0.25) is 4.79 Å². The predicted molar refractivity (Wildman–Crippen MR) is 82.5 cm³/mol. The van der Waals surface area contributed by atoms with Gasteiger partial charge in [0.1, 0.15) is 6.04 Å². The Labute approximate surface area is 135 Å². The van der Waals surface area contributed by atoms with Crippen LogP contribution in [0.25, 0.3) is 0 Å². The molecule has 8 heteroatoms. The molecule has 1 unspecified atom stereocenters. The van der Waals surface area contributed by atoms with Crippen LogP contribution in [-0.4, -0.2) is 55.7 Å². The zero-order chi connectivity index (χ0) is 17.3. The molecule has 2 rings (SSSR count). The Morgan fingerprint density at radius 1 is 1.43 bits per heavy atom. The first-order valence-corrected chi connectivity index (χ1v) is 8.58. The molecule has 0 saturated carbocycles. The number of carbonyl (C=O) groups is 1. The minimum absolute atomic E-state index is 0.0341. The first-order valence-electron chi connectivity index (χ1n) is 7.14. The Bertz CT molecular complexity index is 685. The molecule has 1 aromatic rings. The van der Waals surface area contributed by atoms with E-state index >= 15 is 0 Å². The van der Waals surface area contributed by atoms with E-state index in [1.54, 1.807) is 32.0 Å². The number of aliphatic carboxylic acids is 1. The molecule has 0 amide bonds. The molecule has 1 aromatic carbocycles. The summed E-state index contributed by atoms with van der Waals surface area (Å²) >= 11 is 0. The Morgan fingerprint density at radius 3 is 2.70 bits per heavy atom. The van der Waals surface area contributed by atoms with Crippen LogP contribution >= 0.6 is 0 Å². The highest BCUT2D eigenvalue weighted by molar-refractivity contribution is 7.89. The molecule has 0 aliphatic carbocycles. The monoisotopic (exact) mass is 343 g/mol. The van der Waals surface area contributed by atoms with Gasteiger partial charge in [0.25, 0.3) is 0 Å². The van der Waals surface area contributed by atoms with E-state index in [1.807, 2.05) is 0 Å². The number of methoxy groups -OCH3 is 1. The molecule has 1 fully saturated rings. The lowest BCUT2D eigenvalue weighted by molar-refractivity contribution is -0.154. The molecule has 7 nitrogen and oxygen atoms in total. The molecule has 1 aliphatic heterocycles. The van der Waals surface area contributed by atoms with E-state index in [0.29, 0.717) is 5.56 Å². The summed E-state index contributed by atoms with van der Waals surface area (Å²) in [5.74, 6) is -1.23. The van der Waals surface area contributed by atoms with Crippen molar-refractivity contribution in [3.8, 4) is 0 Å². The zero-order valence-electron chi connectivity index (χ0n) is 13.4. The number of benzene rings is 1. The highest BCUT2D eigenvalue weighted by atomic mass is 32.2. The molecule has 0 aromatic heterocycles. The van der Waals surface area contributed by atoms with Gasteiger partial charge in [-0.05, 0) is 25.5 Å². The SMILES string of the molecule is COCc1ccccc1S(=O)(=O)N1CC(C)(C)OCC1C(=O)O. The summed E-state index contributed by atoms with van der Waals surface area (Å²) in [6, 6.07) is 5.19. The summed E-state index contributed by atoms with van der Waals surface area (Å²) < 4.78 is 37.6. The number of sulfonamides is 1. The largest absolute Gasteiger partial charge is 0.480 e. The first-order chi connectivity index (χ1) is 10.7. The minimum atomic E-state index is -3.99. The van der Waals surface area contributed by atoms with Crippen molar-refractivity contribution >= 4 is 16.0 Å². The summed E-state index contributed by atoms with van der Waals surface area (Å²) in [6.07, 6.45) is 0. The first kappa shape index (κ1) is 17.9. The summed E-state index contributed by atoms with van der Waals surface area (Å²) in [6.45, 7) is 3.37. The van der Waals surface area contributed by atoms with Gasteiger partial charge in [0, 0.05) is 13.7 Å². The second-order valence-electron chi connectivity index (χ2n) is 6.02. The Morgan fingerprint density at radius 2 is 2.09 bits per heavy atom. The molecule has 1 N–H and O–H groups in total. The fourth-order valence-electron chi connectivity index (χ4n) is 2.52. The van der Waals surface area contributed by atoms with Crippen LogP contribution in [0, 0.1) is 0 Å². The van der Waals surface area contributed by atoms with E-state index < -0.39 is 27.6 Å². The van der Waals surface area contributed by atoms with E-state index in [4.69, 9.17) is 9.47 Å². The van der Waals surface area contributed by atoms with Gasteiger partial charge in [0.2, 0.25) is 10.0 Å². The van der Waals surface area contributed by atoms with Crippen LogP contribution in [0.2, 0.25) is 0 Å². The fraction of sp³-hybridized carbons (Fsp3) is 0.533. The molecule has 1 aliphatic rings. The van der Waals surface area contributed by atoms with Gasteiger partial charge in [0.15, 0.2) is 0 Å². The summed E-state index contributed by atoms with van der Waals surface area (Å²) in [5, 5.41) is 9.35. The highest BCUT2D eigenvalue weighted by Crippen LogP contribution is 2.29. The zero-order valence-corrected chi connectivity index (χ0v) is 14.2. The summed E-state index contributed by atoms with van der Waals surface area (Å²) in [4.78, 5) is 11.5. The number of ether oxygens (including phenoxy) is 2. The fourth-order valence-corrected chi connectivity index (χ4v) is 4.45. The lowest BCUT2D eigenvalue weighted by atomic mass is 10.1. The molecule has 0 spiro atoms. The van der Waals surface area contributed by atoms with E-state index in [-0.39, 0.29) is 24.7 Å². The maximum atomic E-state index is 13.0. The van der Waals surface area contributed by atoms with Crippen LogP contribution in [0.5, 0.6) is 0 Å². The second kappa shape index (κ2) is 6.56. The summed E-state index contributed by atoms with van der Waals surface area (Å²) in [7, 11) is -2.51. The topological polar surface area (TPSA) is 93.1 Å². The lowest BCUT2D eigenvalue weighted by Crippen LogP contribution is -2.58. The number of carboxylic acid groups (broad SMARTS) is 1. The summed E-state index contributed by atoms with van der Waals surface area (Å²) in [5.41, 5.74) is -0.265. The molecule has 1 atom stereocenters. The highest BCUT2D eigenvalue weighted by Gasteiger charge is 2.44. The number of hydrogen-bond acceptors (Lipinski definition) is 5. The van der Waals surface area contributed by atoms with Crippen LogP contribution in [-0.2, 0) is 30.9 Å². The average molecular weight is 343 g/mol. The lowest BCUT2D eigenvalue weighted by Gasteiger charge is -2.41. The van der Waals surface area contributed by atoms with E-state index in [0.717, 1.165) is 4.31 Å². The van der Waals surface area contributed by atoms with Crippen LogP contribution in [0.4, 0.5) is 0 Å². The van der Waals surface area contributed by atoms with Crippen LogP contribution in [0.3, 0.4) is 0 Å². The van der Waals surface area contributed by atoms with Gasteiger partial charge < -0.3 is 14.6 Å². The number of morpholine rings is 1. The normalized spacial score (nSPS) is 22.0. The molecule has 0 radical (unpaired) electrons. The van der Waals surface area contributed by atoms with E-state index in [1.165, 1.54) is 13.2 Å². The van der Waals surface area contributed by atoms with Gasteiger partial charge in [-0.15, -0.1) is 0 Å².